The van der Waals surface area contributed by atoms with Gasteiger partial charge in [0.2, 0.25) is 0 Å². The number of allylic oxidation sites excluding steroid dienone is 4. The van der Waals surface area contributed by atoms with Crippen LogP contribution in [0.25, 0.3) is 0 Å². The molecule has 2 saturated heterocycles. The van der Waals surface area contributed by atoms with Crippen LogP contribution in [0.4, 0.5) is 0 Å². The number of Topliss-reactive ketones (excluding diaryl/α,β-unsaturated/α-hetero) is 2. The van der Waals surface area contributed by atoms with Gasteiger partial charge in [-0.15, -0.1) is 0 Å². The summed E-state index contributed by atoms with van der Waals surface area (Å²) in [5, 5.41) is 45.4. The van der Waals surface area contributed by atoms with E-state index in [0.717, 1.165) is 5.57 Å². The molecule has 2 aliphatic carbocycles. The summed E-state index contributed by atoms with van der Waals surface area (Å²) in [6.45, 7) is 13.8. The second-order valence-electron chi connectivity index (χ2n) is 19.5. The fourth-order valence-electron chi connectivity index (χ4n) is 10.7. The van der Waals surface area contributed by atoms with Gasteiger partial charge in [-0.3, -0.25) is 14.4 Å². The van der Waals surface area contributed by atoms with Gasteiger partial charge in [-0.2, -0.15) is 0 Å². The molecule has 2 bridgehead atoms. The highest BCUT2D eigenvalue weighted by Crippen LogP contribution is 2.43. The lowest BCUT2D eigenvalue weighted by Crippen LogP contribution is -2.61. The Morgan fingerprint density at radius 1 is 0.875 bits per heavy atom. The van der Waals surface area contributed by atoms with E-state index < -0.39 is 83.0 Å². The van der Waals surface area contributed by atoms with E-state index in [-0.39, 0.29) is 75.3 Å². The van der Waals surface area contributed by atoms with Crippen molar-refractivity contribution in [3.05, 3.63) is 35.5 Å². The van der Waals surface area contributed by atoms with E-state index in [0.29, 0.717) is 56.9 Å². The Labute approximate surface area is 382 Å². The van der Waals surface area contributed by atoms with Crippen LogP contribution in [-0.4, -0.2) is 144 Å². The molecule has 5 rings (SSSR count). The van der Waals surface area contributed by atoms with Gasteiger partial charge >= 0.3 is 5.97 Å². The zero-order valence-corrected chi connectivity index (χ0v) is 40.3. The van der Waals surface area contributed by atoms with Gasteiger partial charge in [-0.25, -0.2) is 4.79 Å². The van der Waals surface area contributed by atoms with E-state index in [1.54, 1.807) is 47.3 Å². The molecule has 2 saturated carbocycles. The predicted molar refractivity (Wildman–Crippen MR) is 242 cm³/mol. The van der Waals surface area contributed by atoms with Crippen LogP contribution in [0.2, 0.25) is 0 Å². The number of amides is 1. The van der Waals surface area contributed by atoms with Crippen molar-refractivity contribution in [3.8, 4) is 0 Å². The molecular formula is C50H81NO13. The molecule has 4 fully saturated rings. The van der Waals surface area contributed by atoms with Crippen molar-refractivity contribution in [2.45, 2.75) is 179 Å². The van der Waals surface area contributed by atoms with Crippen molar-refractivity contribution in [2.75, 3.05) is 41.1 Å². The average Bonchev–Trinajstić information content (AvgIpc) is 3.27. The number of ketones is 2. The van der Waals surface area contributed by atoms with Crippen LogP contribution >= 0.6 is 0 Å². The molecule has 0 spiro atoms. The van der Waals surface area contributed by atoms with Crippen molar-refractivity contribution in [1.82, 2.24) is 4.90 Å². The number of esters is 1. The minimum absolute atomic E-state index is 0.0245. The summed E-state index contributed by atoms with van der Waals surface area (Å²) in [6.07, 6.45) is 7.94. The fourth-order valence-corrected chi connectivity index (χ4v) is 10.7. The van der Waals surface area contributed by atoms with Crippen molar-refractivity contribution in [2.24, 2.45) is 35.5 Å². The van der Waals surface area contributed by atoms with Crippen LogP contribution in [0.15, 0.2) is 35.5 Å². The summed E-state index contributed by atoms with van der Waals surface area (Å²) in [4.78, 5) is 58.8. The van der Waals surface area contributed by atoms with Gasteiger partial charge in [0, 0.05) is 52.0 Å². The van der Waals surface area contributed by atoms with Crippen LogP contribution < -0.4 is 0 Å². The molecule has 0 aromatic heterocycles. The number of fused-ring (bicyclic) bond motifs is 3. The van der Waals surface area contributed by atoms with Crippen LogP contribution in [0.3, 0.4) is 0 Å². The smallest absolute Gasteiger partial charge is 0.329 e. The SMILES string of the molecule is CC.CO[C@H]1C[C@@H](C)C/C(C)=C/[C@@H](C/C=C/C2(O)COC2)C(=O)C[C@H](O)[C@@H](C)[C@@H](/C(C)=C/[C@@H]2CC[C@@H](O)[C@H](OC)C2)OC(=O)[C@@H]2CCCCN2C(=O)C(=O)[C@]2(O)C[C@H]1[C@@H](OC)C[C@H]2C. The highest BCUT2D eigenvalue weighted by atomic mass is 16.6. The molecule has 3 heterocycles. The number of piperidine rings is 1. The molecule has 4 N–H and O–H groups in total. The third-order valence-corrected chi connectivity index (χ3v) is 14.6. The van der Waals surface area contributed by atoms with Gasteiger partial charge < -0.3 is 49.0 Å². The maximum absolute atomic E-state index is 14.5. The molecule has 64 heavy (non-hydrogen) atoms. The number of hydrogen-bond acceptors (Lipinski definition) is 13. The summed E-state index contributed by atoms with van der Waals surface area (Å²) < 4.78 is 29.1. The minimum atomic E-state index is -2.04. The molecule has 14 heteroatoms. The molecule has 3 aliphatic heterocycles. The van der Waals surface area contributed by atoms with Crippen molar-refractivity contribution in [3.63, 3.8) is 0 Å². The molecular weight excluding hydrogens is 823 g/mol. The summed E-state index contributed by atoms with van der Waals surface area (Å²) in [5.41, 5.74) is -1.53. The van der Waals surface area contributed by atoms with E-state index in [1.165, 1.54) is 4.90 Å². The van der Waals surface area contributed by atoms with Crippen molar-refractivity contribution >= 4 is 23.4 Å². The molecule has 5 aliphatic rings. The van der Waals surface area contributed by atoms with Gasteiger partial charge in [-0.05, 0) is 108 Å². The van der Waals surface area contributed by atoms with E-state index in [4.69, 9.17) is 23.7 Å². The van der Waals surface area contributed by atoms with Gasteiger partial charge in [0.1, 0.15) is 29.1 Å². The summed E-state index contributed by atoms with van der Waals surface area (Å²) in [5.74, 6) is -5.29. The molecule has 0 unspecified atom stereocenters. The first-order valence-electron chi connectivity index (χ1n) is 23.9. The maximum Gasteiger partial charge on any atom is 0.329 e. The molecule has 0 aromatic rings. The Hall–Kier alpha value is -2.82. The molecule has 364 valence electrons. The Kier molecular flexibility index (Phi) is 20.4. The van der Waals surface area contributed by atoms with Gasteiger partial charge in [0.25, 0.3) is 11.7 Å². The van der Waals surface area contributed by atoms with Crippen LogP contribution in [0.1, 0.15) is 126 Å². The normalized spacial score (nSPS) is 39.6. The third-order valence-electron chi connectivity index (χ3n) is 14.6. The third kappa shape index (κ3) is 13.2. The first-order valence-corrected chi connectivity index (χ1v) is 23.9. The maximum atomic E-state index is 14.5. The lowest BCUT2D eigenvalue weighted by molar-refractivity contribution is -0.178. The number of ether oxygens (including phenoxy) is 5. The fraction of sp³-hybridized carbons (Fsp3) is 0.800. The highest BCUT2D eigenvalue weighted by molar-refractivity contribution is 6.39. The summed E-state index contributed by atoms with van der Waals surface area (Å²) in [7, 11) is 4.75. The number of carbonyl (C=O) groups excluding carboxylic acids is 4. The quantitative estimate of drug-likeness (QED) is 0.136. The molecule has 0 aromatic carbocycles. The Bertz CT molecular complexity index is 1660. The molecule has 14 atom stereocenters. The number of methoxy groups -OCH3 is 3. The first kappa shape index (κ1) is 53.8. The van der Waals surface area contributed by atoms with Crippen LogP contribution in [-0.2, 0) is 42.9 Å². The van der Waals surface area contributed by atoms with E-state index in [1.807, 2.05) is 39.8 Å². The largest absolute Gasteiger partial charge is 0.456 e. The Morgan fingerprint density at radius 2 is 1.53 bits per heavy atom. The average molecular weight is 904 g/mol. The van der Waals surface area contributed by atoms with E-state index >= 15 is 0 Å². The highest BCUT2D eigenvalue weighted by Gasteiger charge is 2.55. The van der Waals surface area contributed by atoms with E-state index in [2.05, 4.69) is 6.92 Å². The zero-order chi connectivity index (χ0) is 47.5. The second-order valence-corrected chi connectivity index (χ2v) is 19.5. The number of cyclic esters (lactones) is 1. The predicted octanol–water partition coefficient (Wildman–Crippen LogP) is 5.46. The number of hydrogen-bond donors (Lipinski definition) is 4. The van der Waals surface area contributed by atoms with Gasteiger partial charge in [-0.1, -0.05) is 64.5 Å². The number of nitrogens with zero attached hydrogens (tertiary/aromatic N) is 1. The van der Waals surface area contributed by atoms with Crippen LogP contribution in [0.5, 0.6) is 0 Å². The van der Waals surface area contributed by atoms with E-state index in [9.17, 15) is 39.6 Å². The number of rotatable bonds is 8. The first-order chi connectivity index (χ1) is 30.3. The zero-order valence-electron chi connectivity index (χ0n) is 40.3. The Morgan fingerprint density at radius 3 is 2.16 bits per heavy atom. The topological polar surface area (TPSA) is 199 Å². The minimum Gasteiger partial charge on any atom is -0.456 e. The number of aliphatic hydroxyl groups excluding tert-OH is 2. The van der Waals surface area contributed by atoms with Crippen molar-refractivity contribution in [1.29, 1.82) is 0 Å². The van der Waals surface area contributed by atoms with Gasteiger partial charge in [0.15, 0.2) is 0 Å². The van der Waals surface area contributed by atoms with Crippen molar-refractivity contribution < 1.29 is 63.3 Å². The molecule has 14 nitrogen and oxygen atoms in total. The van der Waals surface area contributed by atoms with Crippen LogP contribution in [0, 0.1) is 35.5 Å². The molecule has 0 radical (unpaired) electrons. The monoisotopic (exact) mass is 904 g/mol. The number of carbonyl (C=O) groups is 4. The molecule has 1 amide bonds. The summed E-state index contributed by atoms with van der Waals surface area (Å²) in [6, 6.07) is -1.11. The van der Waals surface area contributed by atoms with Gasteiger partial charge in [0.05, 0.1) is 43.7 Å². The number of aliphatic hydroxyl groups is 4. The Balaban J connectivity index is 0.00000442. The summed E-state index contributed by atoms with van der Waals surface area (Å²) >= 11 is 0. The lowest BCUT2D eigenvalue weighted by atomic mass is 9.65. The standard InChI is InChI=1S/C48H75NO13.C2H6/c1-28-18-29(2)20-40(58-6)35-25-48(57,31(4)22-41(35)59-7)44(53)45(54)49-17-10-9-13-36(49)46(55)62-43(30(3)21-33-14-15-37(50)42(23-33)60-8)32(5)38(51)24-39(52)34(19-28)12-11-16-47(56)26-61-27-47;1-2/h11,16,19,21,29,31-38,40-43,50-51,56-57H,9-10,12-15,17-18,20,22-27H2,1-8H3;1-2H3/b16-11+,28-19+,30-21+;/t29-,31+,32+,33-,34+,35+,36-,37+,38-,40-,41-,42+,43+,48-;/m0./s1. The second kappa shape index (κ2) is 24.3. The lowest BCUT2D eigenvalue weighted by Gasteiger charge is -2.47.